The molecule has 0 aliphatic carbocycles. The summed E-state index contributed by atoms with van der Waals surface area (Å²) in [5.41, 5.74) is 9.87. The van der Waals surface area contributed by atoms with Gasteiger partial charge in [0, 0.05) is 18.3 Å². The second kappa shape index (κ2) is 13.3. The van der Waals surface area contributed by atoms with Crippen molar-refractivity contribution in [1.82, 2.24) is 15.3 Å². The van der Waals surface area contributed by atoms with Crippen LogP contribution in [0.2, 0.25) is 0 Å². The second-order valence-corrected chi connectivity index (χ2v) is 5.41. The quantitative estimate of drug-likeness (QED) is 0.598. The zero-order chi connectivity index (χ0) is 21.7. The predicted octanol–water partition coefficient (Wildman–Crippen LogP) is 4.75. The molecule has 0 atom stereocenters. The summed E-state index contributed by atoms with van der Waals surface area (Å²) in [6, 6.07) is 6.16. The van der Waals surface area contributed by atoms with Crippen molar-refractivity contribution >= 4 is 17.7 Å². The number of nitrogen functional groups attached to an aromatic ring is 1. The van der Waals surface area contributed by atoms with Gasteiger partial charge in [-0.1, -0.05) is 53.3 Å². The number of benzene rings is 1. The molecule has 0 unspecified atom stereocenters. The Kier molecular flexibility index (Phi) is 11.9. The van der Waals surface area contributed by atoms with Crippen molar-refractivity contribution in [2.45, 2.75) is 54.5 Å². The molecule has 1 heterocycles. The molecule has 4 N–H and O–H groups in total. The number of nitrogens with zero attached hydrogens (tertiary/aromatic N) is 2. The van der Waals surface area contributed by atoms with Crippen LogP contribution in [0.15, 0.2) is 24.8 Å². The van der Waals surface area contributed by atoms with Crippen molar-refractivity contribution in [2.24, 2.45) is 0 Å². The Labute approximate surface area is 169 Å². The van der Waals surface area contributed by atoms with E-state index >= 15 is 0 Å². The molecular formula is C22H35N5O. The number of aromatic nitrogens is 2. The Morgan fingerprint density at radius 1 is 1.25 bits per heavy atom. The molecule has 2 rings (SSSR count). The number of nitrogens with one attached hydrogen (secondary N) is 2. The van der Waals surface area contributed by atoms with E-state index in [0.29, 0.717) is 29.3 Å². The Hall–Kier alpha value is -2.89. The van der Waals surface area contributed by atoms with E-state index in [1.165, 1.54) is 5.56 Å². The first-order valence-electron chi connectivity index (χ1n) is 9.73. The highest BCUT2D eigenvalue weighted by Crippen LogP contribution is 2.21. The maximum absolute atomic E-state index is 7.34. The van der Waals surface area contributed by atoms with Crippen LogP contribution < -0.4 is 15.8 Å². The third kappa shape index (κ3) is 6.68. The molecule has 6 nitrogen and oxygen atoms in total. The fourth-order valence-corrected chi connectivity index (χ4v) is 2.35. The molecule has 0 aliphatic rings. The third-order valence-corrected chi connectivity index (χ3v) is 3.83. The maximum Gasteiger partial charge on any atom is 0.177 e. The van der Waals surface area contributed by atoms with Crippen LogP contribution in [0.1, 0.15) is 62.8 Å². The normalized spacial score (nSPS) is 9.25. The summed E-state index contributed by atoms with van der Waals surface area (Å²) >= 11 is 0. The molecule has 0 saturated heterocycles. The molecule has 0 saturated carbocycles. The van der Waals surface area contributed by atoms with Crippen LogP contribution in [0.25, 0.3) is 5.70 Å². The zero-order valence-corrected chi connectivity index (χ0v) is 18.3. The first-order valence-corrected chi connectivity index (χ1v) is 9.73. The molecule has 28 heavy (non-hydrogen) atoms. The van der Waals surface area contributed by atoms with Crippen LogP contribution in [0.3, 0.4) is 0 Å². The molecule has 154 valence electrons. The van der Waals surface area contributed by atoms with E-state index in [4.69, 9.17) is 15.9 Å². The number of nitrogens with two attached hydrogens (primary N) is 1. The average Bonchev–Trinajstić information content (AvgIpc) is 2.74. The molecule has 1 aromatic carbocycles. The standard InChI is InChI=1S/C18H23N5O.2C2H6/c1-5-13-6-7-14(16(8-13)24-4)10-21-12(3)18-22-11(2)15(9-19)17(20)23-18;2*1-2/h6-9,19,21H,3,5,10H2,1-2,4H3,(H2,20,22,23);2*1-2H3. The van der Waals surface area contributed by atoms with Crippen molar-refractivity contribution < 1.29 is 4.74 Å². The van der Waals surface area contributed by atoms with Crippen molar-refractivity contribution in [3.8, 4) is 5.75 Å². The molecule has 2 aromatic rings. The minimum Gasteiger partial charge on any atom is -0.496 e. The number of rotatable bonds is 7. The lowest BCUT2D eigenvalue weighted by Gasteiger charge is -2.14. The molecule has 0 aliphatic heterocycles. The largest absolute Gasteiger partial charge is 0.496 e. The molecule has 0 spiro atoms. The van der Waals surface area contributed by atoms with E-state index in [1.54, 1.807) is 14.0 Å². The highest BCUT2D eigenvalue weighted by Gasteiger charge is 2.11. The highest BCUT2D eigenvalue weighted by molar-refractivity contribution is 5.85. The number of methoxy groups -OCH3 is 1. The number of anilines is 1. The van der Waals surface area contributed by atoms with Gasteiger partial charge in [0.25, 0.3) is 0 Å². The van der Waals surface area contributed by atoms with Gasteiger partial charge in [0.05, 0.1) is 24.1 Å². The zero-order valence-electron chi connectivity index (χ0n) is 18.3. The Bertz CT molecular complexity index is 749. The number of hydrogen-bond acceptors (Lipinski definition) is 6. The third-order valence-electron chi connectivity index (χ3n) is 3.83. The van der Waals surface area contributed by atoms with E-state index in [0.717, 1.165) is 23.9 Å². The molecule has 0 fully saturated rings. The van der Waals surface area contributed by atoms with Gasteiger partial charge in [0.1, 0.15) is 11.6 Å². The Morgan fingerprint density at radius 2 is 1.89 bits per heavy atom. The van der Waals surface area contributed by atoms with Gasteiger partial charge in [-0.2, -0.15) is 0 Å². The minimum absolute atomic E-state index is 0.278. The van der Waals surface area contributed by atoms with Crippen LogP contribution in [0.4, 0.5) is 5.82 Å². The highest BCUT2D eigenvalue weighted by atomic mass is 16.5. The van der Waals surface area contributed by atoms with Crippen molar-refractivity contribution in [3.05, 3.63) is 53.0 Å². The van der Waals surface area contributed by atoms with Gasteiger partial charge < -0.3 is 21.2 Å². The fourth-order valence-electron chi connectivity index (χ4n) is 2.35. The lowest BCUT2D eigenvalue weighted by Crippen LogP contribution is -2.16. The molecule has 0 radical (unpaired) electrons. The van der Waals surface area contributed by atoms with Gasteiger partial charge in [-0.3, -0.25) is 0 Å². The van der Waals surface area contributed by atoms with Gasteiger partial charge in [0.15, 0.2) is 5.82 Å². The summed E-state index contributed by atoms with van der Waals surface area (Å²) in [6.45, 7) is 16.4. The van der Waals surface area contributed by atoms with Crippen LogP contribution in [0, 0.1) is 12.3 Å². The van der Waals surface area contributed by atoms with Crippen LogP contribution in [-0.4, -0.2) is 23.3 Å². The maximum atomic E-state index is 7.34. The molecule has 0 amide bonds. The van der Waals surface area contributed by atoms with Crippen molar-refractivity contribution in [2.75, 3.05) is 12.8 Å². The predicted molar refractivity (Wildman–Crippen MR) is 120 cm³/mol. The van der Waals surface area contributed by atoms with Gasteiger partial charge in [-0.25, -0.2) is 9.97 Å². The summed E-state index contributed by atoms with van der Waals surface area (Å²) < 4.78 is 5.45. The van der Waals surface area contributed by atoms with Crippen LogP contribution in [0.5, 0.6) is 5.75 Å². The van der Waals surface area contributed by atoms with E-state index in [9.17, 15) is 0 Å². The van der Waals surface area contributed by atoms with Crippen LogP contribution in [-0.2, 0) is 13.0 Å². The van der Waals surface area contributed by atoms with Crippen LogP contribution >= 0.6 is 0 Å². The smallest absolute Gasteiger partial charge is 0.177 e. The number of hydrogen-bond donors (Lipinski definition) is 3. The van der Waals surface area contributed by atoms with Gasteiger partial charge in [0.2, 0.25) is 0 Å². The molecular weight excluding hydrogens is 350 g/mol. The number of aryl methyl sites for hydroxylation is 2. The minimum atomic E-state index is 0.278. The van der Waals surface area contributed by atoms with E-state index < -0.39 is 0 Å². The Balaban J connectivity index is 0.00000171. The monoisotopic (exact) mass is 385 g/mol. The summed E-state index contributed by atoms with van der Waals surface area (Å²) in [4.78, 5) is 8.56. The average molecular weight is 386 g/mol. The summed E-state index contributed by atoms with van der Waals surface area (Å²) in [7, 11) is 1.66. The topological polar surface area (TPSA) is 96.9 Å². The van der Waals surface area contributed by atoms with E-state index in [2.05, 4.69) is 34.9 Å². The first kappa shape index (κ1) is 25.1. The summed E-state index contributed by atoms with van der Waals surface area (Å²) in [5, 5.41) is 10.5. The van der Waals surface area contributed by atoms with Crippen molar-refractivity contribution in [1.29, 1.82) is 5.41 Å². The SMILES string of the molecule is C=C(NCc1ccc(CC)cc1OC)c1nc(C)c(C=N)c(N)n1.CC.CC. The molecule has 6 heteroatoms. The van der Waals surface area contributed by atoms with Gasteiger partial charge in [-0.05, 0) is 25.0 Å². The fraction of sp³-hybridized carbons (Fsp3) is 0.409. The number of ether oxygens (including phenoxy) is 1. The van der Waals surface area contributed by atoms with Gasteiger partial charge in [-0.15, -0.1) is 0 Å². The van der Waals surface area contributed by atoms with E-state index in [1.807, 2.05) is 39.8 Å². The summed E-state index contributed by atoms with van der Waals surface area (Å²) in [5.74, 6) is 1.55. The lowest BCUT2D eigenvalue weighted by molar-refractivity contribution is 0.408. The first-order chi connectivity index (χ1) is 13.5. The van der Waals surface area contributed by atoms with E-state index in [-0.39, 0.29) is 5.82 Å². The molecule has 1 aromatic heterocycles. The summed E-state index contributed by atoms with van der Waals surface area (Å²) in [6.07, 6.45) is 2.12. The van der Waals surface area contributed by atoms with Gasteiger partial charge >= 0.3 is 0 Å². The molecule has 0 bridgehead atoms. The Morgan fingerprint density at radius 3 is 2.39 bits per heavy atom. The van der Waals surface area contributed by atoms with Crippen molar-refractivity contribution in [3.63, 3.8) is 0 Å². The lowest BCUT2D eigenvalue weighted by atomic mass is 10.1. The second-order valence-electron chi connectivity index (χ2n) is 5.41.